The van der Waals surface area contributed by atoms with E-state index in [4.69, 9.17) is 4.42 Å². The van der Waals surface area contributed by atoms with Crippen molar-refractivity contribution < 1.29 is 4.42 Å². The van der Waals surface area contributed by atoms with Crippen LogP contribution in [0.2, 0.25) is 0 Å². The van der Waals surface area contributed by atoms with E-state index in [0.29, 0.717) is 4.80 Å². The van der Waals surface area contributed by atoms with E-state index in [1.54, 1.807) is 6.26 Å². The largest absolute Gasteiger partial charge is 0.439 e. The fourth-order valence-electron chi connectivity index (χ4n) is 0.234. The van der Waals surface area contributed by atoms with E-state index in [-0.39, 0.29) is 0 Å². The van der Waals surface area contributed by atoms with E-state index in [9.17, 15) is 0 Å². The molecule has 0 aromatic carbocycles. The van der Waals surface area contributed by atoms with E-state index in [1.165, 1.54) is 0 Å². The van der Waals surface area contributed by atoms with Gasteiger partial charge in [0.25, 0.3) is 4.80 Å². The Bertz CT molecular complexity index is 147. The molecule has 38 valence electrons. The molecule has 0 saturated heterocycles. The van der Waals surface area contributed by atoms with Crippen LogP contribution in [0.3, 0.4) is 0 Å². The van der Waals surface area contributed by atoms with Crippen LogP contribution in [0.5, 0.6) is 0 Å². The first-order chi connectivity index (χ1) is 3.29. The Balaban J connectivity index is 3.04. The van der Waals surface area contributed by atoms with Crippen LogP contribution in [0.1, 0.15) is 0 Å². The van der Waals surface area contributed by atoms with Crippen molar-refractivity contribution in [1.82, 2.24) is 4.98 Å². The minimum absolute atomic E-state index is 0.539. The molecular formula is C3HBrINO. The summed E-state index contributed by atoms with van der Waals surface area (Å²) in [5.41, 5.74) is 0. The number of halogens is 2. The summed E-state index contributed by atoms with van der Waals surface area (Å²) < 4.78 is 5.63. The highest BCUT2D eigenvalue weighted by Gasteiger charge is 1.91. The van der Waals surface area contributed by atoms with Gasteiger partial charge in [0.15, 0.2) is 0 Å². The van der Waals surface area contributed by atoms with Crippen LogP contribution in [0.4, 0.5) is 0 Å². The third-order valence-corrected chi connectivity index (χ3v) is 1.31. The van der Waals surface area contributed by atoms with Crippen molar-refractivity contribution in [3.8, 4) is 0 Å². The molecule has 1 aromatic heterocycles. The number of nitrogens with zero attached hydrogens (tertiary/aromatic N) is 1. The zero-order valence-corrected chi connectivity index (χ0v) is 6.93. The van der Waals surface area contributed by atoms with Crippen LogP contribution < -0.4 is 0 Å². The maximum Gasteiger partial charge on any atom is 0.264 e. The van der Waals surface area contributed by atoms with Crippen molar-refractivity contribution >= 4 is 38.5 Å². The topological polar surface area (TPSA) is 26.0 Å². The Kier molecular flexibility index (Phi) is 1.69. The van der Waals surface area contributed by atoms with Gasteiger partial charge in [-0.05, 0) is 22.6 Å². The Labute approximate surface area is 62.6 Å². The molecule has 0 aliphatic heterocycles. The minimum atomic E-state index is 0.539. The molecule has 0 bridgehead atoms. The molecule has 0 radical (unpaired) electrons. The second kappa shape index (κ2) is 2.13. The molecule has 7 heavy (non-hydrogen) atoms. The molecule has 0 amide bonds. The molecule has 2 nitrogen and oxygen atoms in total. The molecule has 0 unspecified atom stereocenters. The third-order valence-electron chi connectivity index (χ3n) is 0.448. The lowest BCUT2D eigenvalue weighted by molar-refractivity contribution is 0.528. The van der Waals surface area contributed by atoms with Gasteiger partial charge < -0.3 is 4.42 Å². The van der Waals surface area contributed by atoms with Gasteiger partial charge in [-0.25, -0.2) is 0 Å². The number of hydrogen-bond acceptors (Lipinski definition) is 2. The van der Waals surface area contributed by atoms with Gasteiger partial charge in [-0.1, -0.05) is 0 Å². The normalized spacial score (nSPS) is 9.43. The van der Waals surface area contributed by atoms with Crippen LogP contribution in [-0.2, 0) is 0 Å². The smallest absolute Gasteiger partial charge is 0.264 e. The number of aromatic nitrogens is 1. The quantitative estimate of drug-likeness (QED) is 0.676. The fraction of sp³-hybridized carbons (Fsp3) is 0. The molecule has 1 rings (SSSR count). The average molecular weight is 274 g/mol. The summed E-state index contributed by atoms with van der Waals surface area (Å²) >= 11 is 5.12. The highest BCUT2D eigenvalue weighted by Crippen LogP contribution is 2.09. The molecule has 0 saturated carbocycles. The van der Waals surface area contributed by atoms with Gasteiger partial charge in [-0.3, -0.25) is 0 Å². The maximum absolute atomic E-state index is 4.76. The van der Waals surface area contributed by atoms with Crippen LogP contribution in [0.15, 0.2) is 15.5 Å². The number of oxazole rings is 1. The Morgan fingerprint density at radius 2 is 2.57 bits per heavy atom. The monoisotopic (exact) mass is 273 g/mol. The van der Waals surface area contributed by atoms with Crippen LogP contribution in [-0.4, -0.2) is 4.98 Å². The lowest BCUT2D eigenvalue weighted by Gasteiger charge is -1.65. The first-order valence-corrected chi connectivity index (χ1v) is 3.43. The Morgan fingerprint density at radius 3 is 2.71 bits per heavy atom. The molecule has 1 aromatic rings. The van der Waals surface area contributed by atoms with Crippen molar-refractivity contribution in [2.45, 2.75) is 0 Å². The molecule has 4 heteroatoms. The van der Waals surface area contributed by atoms with Crippen LogP contribution >= 0.6 is 38.5 Å². The summed E-state index contributed by atoms with van der Waals surface area (Å²) in [6, 6.07) is 0. The zero-order chi connectivity index (χ0) is 5.28. The summed E-state index contributed by atoms with van der Waals surface area (Å²) in [7, 11) is 0. The fourth-order valence-corrected chi connectivity index (χ4v) is 1.20. The van der Waals surface area contributed by atoms with Gasteiger partial charge in [0.2, 0.25) is 0 Å². The van der Waals surface area contributed by atoms with Crippen molar-refractivity contribution in [1.29, 1.82) is 0 Å². The molecule has 0 aliphatic rings. The molecule has 0 N–H and O–H groups in total. The Hall–Kier alpha value is 0.420. The van der Waals surface area contributed by atoms with Crippen LogP contribution in [0.25, 0.3) is 0 Å². The Morgan fingerprint density at radius 1 is 1.86 bits per heavy atom. The van der Waals surface area contributed by atoms with Crippen molar-refractivity contribution in [2.24, 2.45) is 0 Å². The standard InChI is InChI=1S/C3HBrINO/c4-3-6-2(5)1-7-3/h1H. The predicted molar refractivity (Wildman–Crippen MR) is 36.9 cm³/mol. The van der Waals surface area contributed by atoms with E-state index in [2.05, 4.69) is 43.5 Å². The molecule has 1 heterocycles. The molecular weight excluding hydrogens is 273 g/mol. The molecule has 0 atom stereocenters. The van der Waals surface area contributed by atoms with E-state index >= 15 is 0 Å². The van der Waals surface area contributed by atoms with Gasteiger partial charge in [0.05, 0.1) is 0 Å². The van der Waals surface area contributed by atoms with Gasteiger partial charge in [-0.15, -0.1) is 0 Å². The van der Waals surface area contributed by atoms with Gasteiger partial charge in [-0.2, -0.15) is 4.98 Å². The minimum Gasteiger partial charge on any atom is -0.439 e. The van der Waals surface area contributed by atoms with E-state index in [0.717, 1.165) is 3.70 Å². The van der Waals surface area contributed by atoms with E-state index < -0.39 is 0 Å². The number of rotatable bonds is 0. The lowest BCUT2D eigenvalue weighted by Crippen LogP contribution is -1.61. The molecule has 0 fully saturated rings. The molecule has 0 aliphatic carbocycles. The summed E-state index contributed by atoms with van der Waals surface area (Å²) in [6.45, 7) is 0. The van der Waals surface area contributed by atoms with Gasteiger partial charge >= 0.3 is 0 Å². The summed E-state index contributed by atoms with van der Waals surface area (Å²) in [5, 5.41) is 0. The lowest BCUT2D eigenvalue weighted by atomic mass is 11.0. The van der Waals surface area contributed by atoms with Crippen LogP contribution in [0, 0.1) is 3.70 Å². The first-order valence-electron chi connectivity index (χ1n) is 1.55. The van der Waals surface area contributed by atoms with Gasteiger partial charge in [0.1, 0.15) is 9.96 Å². The van der Waals surface area contributed by atoms with Crippen molar-refractivity contribution in [2.75, 3.05) is 0 Å². The van der Waals surface area contributed by atoms with Crippen molar-refractivity contribution in [3.05, 3.63) is 14.8 Å². The highest BCUT2D eigenvalue weighted by atomic mass is 127. The number of hydrogen-bond donors (Lipinski definition) is 0. The predicted octanol–water partition coefficient (Wildman–Crippen LogP) is 2.04. The summed E-state index contributed by atoms with van der Waals surface area (Å²) in [4.78, 5) is 4.39. The zero-order valence-electron chi connectivity index (χ0n) is 3.19. The summed E-state index contributed by atoms with van der Waals surface area (Å²) in [6.07, 6.45) is 1.57. The molecule has 0 spiro atoms. The SMILES string of the molecule is Brc1nc(I)co1. The summed E-state index contributed by atoms with van der Waals surface area (Å²) in [5.74, 6) is 0. The average Bonchev–Trinajstić information content (AvgIpc) is 1.87. The first kappa shape index (κ1) is 5.55. The van der Waals surface area contributed by atoms with Gasteiger partial charge in [0, 0.05) is 15.9 Å². The second-order valence-electron chi connectivity index (χ2n) is 0.923. The highest BCUT2D eigenvalue weighted by molar-refractivity contribution is 14.1. The third kappa shape index (κ3) is 1.41. The maximum atomic E-state index is 4.76. The van der Waals surface area contributed by atoms with E-state index in [1.807, 2.05) is 0 Å². The van der Waals surface area contributed by atoms with Crippen molar-refractivity contribution in [3.63, 3.8) is 0 Å². The second-order valence-corrected chi connectivity index (χ2v) is 2.71.